The maximum absolute atomic E-state index is 14.3. The molecule has 0 bridgehead atoms. The number of fused-ring (bicyclic) bond motifs is 1. The van der Waals surface area contributed by atoms with Gasteiger partial charge in [-0.05, 0) is 58.1 Å². The molecule has 1 atom stereocenters. The zero-order chi connectivity index (χ0) is 30.1. The lowest BCUT2D eigenvalue weighted by Gasteiger charge is -2.31. The first-order valence-corrected chi connectivity index (χ1v) is 15.7. The van der Waals surface area contributed by atoms with Crippen LogP contribution in [0.5, 0.6) is 0 Å². The third kappa shape index (κ3) is 6.23. The summed E-state index contributed by atoms with van der Waals surface area (Å²) in [6.45, 7) is 5.89. The minimum absolute atomic E-state index is 0.00126. The van der Waals surface area contributed by atoms with Gasteiger partial charge in [0.1, 0.15) is 6.33 Å². The van der Waals surface area contributed by atoms with E-state index in [2.05, 4.69) is 39.6 Å². The number of hydrogen-bond donors (Lipinski definition) is 3. The Kier molecular flexibility index (Phi) is 8.36. The van der Waals surface area contributed by atoms with Gasteiger partial charge in [0.05, 0.1) is 24.0 Å². The molecule has 0 amide bonds. The molecule has 2 aliphatic rings. The van der Waals surface area contributed by atoms with E-state index >= 15 is 0 Å². The molecule has 0 radical (unpaired) electrons. The summed E-state index contributed by atoms with van der Waals surface area (Å²) in [6, 6.07) is 12.0. The summed E-state index contributed by atoms with van der Waals surface area (Å²) in [5.74, 6) is 1.07. The van der Waals surface area contributed by atoms with Crippen LogP contribution in [-0.2, 0) is 22.4 Å². The Morgan fingerprint density at radius 2 is 1.91 bits per heavy atom. The maximum atomic E-state index is 14.3. The van der Waals surface area contributed by atoms with Crippen LogP contribution in [0.3, 0.4) is 0 Å². The number of thiophene rings is 1. The number of ether oxygens (including phenoxy) is 1. The predicted octanol–water partition coefficient (Wildman–Crippen LogP) is 3.99. The Balaban J connectivity index is 1.31. The highest BCUT2D eigenvalue weighted by molar-refractivity contribution is 7.15. The summed E-state index contributed by atoms with van der Waals surface area (Å²) in [6.07, 6.45) is 5.74. The number of hydrogen-bond acceptors (Lipinski definition) is 10. The summed E-state index contributed by atoms with van der Waals surface area (Å²) < 4.78 is 9.68. The van der Waals surface area contributed by atoms with Crippen molar-refractivity contribution in [2.75, 3.05) is 6.61 Å². The molecule has 43 heavy (non-hydrogen) atoms. The van der Waals surface area contributed by atoms with Crippen LogP contribution in [0, 0.1) is 0 Å². The van der Waals surface area contributed by atoms with Crippen molar-refractivity contribution in [1.82, 2.24) is 24.5 Å². The van der Waals surface area contributed by atoms with Gasteiger partial charge in [-0.3, -0.25) is 9.36 Å². The first-order chi connectivity index (χ1) is 20.7. The molecule has 6 rings (SSSR count). The summed E-state index contributed by atoms with van der Waals surface area (Å²) >= 11 is 1.63. The second-order valence-electron chi connectivity index (χ2n) is 11.9. The molecule has 1 saturated carbocycles. The number of oxime groups is 1. The first-order valence-electron chi connectivity index (χ1n) is 14.9. The Morgan fingerprint density at radius 3 is 2.60 bits per heavy atom. The minimum Gasteiger partial charge on any atom is -0.388 e. The van der Waals surface area contributed by atoms with Crippen molar-refractivity contribution in [3.63, 3.8) is 0 Å². The van der Waals surface area contributed by atoms with E-state index < -0.39 is 12.0 Å². The number of nitrogens with zero attached hydrogens (tertiary/aromatic N) is 5. The van der Waals surface area contributed by atoms with Crippen LogP contribution in [0.15, 0.2) is 52.7 Å². The zero-order valence-corrected chi connectivity index (χ0v) is 25.5. The number of amidine groups is 1. The van der Waals surface area contributed by atoms with Crippen molar-refractivity contribution in [3.8, 4) is 10.4 Å². The molecular weight excluding hydrogens is 568 g/mol. The fourth-order valence-electron chi connectivity index (χ4n) is 5.97. The SMILES string of the molecule is CCCc1c(Cc2ccc(-c3ccccc3C3=NOC(O)N3)s2)c(=O)n([C@H]2CC[C@H](OCC(C)(C)O)CC2)c2ncnn12. The van der Waals surface area contributed by atoms with Crippen molar-refractivity contribution in [1.29, 1.82) is 0 Å². The van der Waals surface area contributed by atoms with Crippen LogP contribution < -0.4 is 10.9 Å². The maximum Gasteiger partial charge on any atom is 0.304 e. The lowest BCUT2D eigenvalue weighted by molar-refractivity contribution is -0.0896. The van der Waals surface area contributed by atoms with Crippen LogP contribution >= 0.6 is 11.3 Å². The smallest absolute Gasteiger partial charge is 0.304 e. The molecular formula is C31H38N6O5S. The van der Waals surface area contributed by atoms with E-state index in [1.54, 1.807) is 25.2 Å². The van der Waals surface area contributed by atoms with Gasteiger partial charge in [0.15, 0.2) is 5.84 Å². The Bertz CT molecular complexity index is 1680. The molecule has 4 aromatic rings. The topological polar surface area (TPSA) is 136 Å². The fraction of sp³-hybridized carbons (Fsp3) is 0.484. The van der Waals surface area contributed by atoms with Gasteiger partial charge >= 0.3 is 6.41 Å². The molecule has 4 heterocycles. The van der Waals surface area contributed by atoms with E-state index in [9.17, 15) is 15.0 Å². The van der Waals surface area contributed by atoms with E-state index in [4.69, 9.17) is 9.57 Å². The van der Waals surface area contributed by atoms with Gasteiger partial charge in [-0.1, -0.05) is 42.8 Å². The van der Waals surface area contributed by atoms with E-state index in [1.807, 2.05) is 33.3 Å². The second-order valence-corrected chi connectivity index (χ2v) is 13.1. The normalized spacial score (nSPS) is 20.7. The summed E-state index contributed by atoms with van der Waals surface area (Å²) in [7, 11) is 0. The average Bonchev–Trinajstić information content (AvgIpc) is 3.76. The number of nitrogens with one attached hydrogen (secondary N) is 1. The van der Waals surface area contributed by atoms with Crippen molar-refractivity contribution >= 4 is 23.0 Å². The van der Waals surface area contributed by atoms with Gasteiger partial charge < -0.3 is 25.1 Å². The van der Waals surface area contributed by atoms with E-state index in [0.717, 1.165) is 70.7 Å². The molecule has 1 unspecified atom stereocenters. The Hall–Kier alpha value is -3.58. The summed E-state index contributed by atoms with van der Waals surface area (Å²) in [5.41, 5.74) is 2.57. The van der Waals surface area contributed by atoms with Gasteiger partial charge in [-0.2, -0.15) is 10.1 Å². The number of aromatic nitrogens is 4. The van der Waals surface area contributed by atoms with Crippen molar-refractivity contribution in [2.45, 2.75) is 89.9 Å². The van der Waals surface area contributed by atoms with Crippen LogP contribution in [0.1, 0.15) is 80.6 Å². The highest BCUT2D eigenvalue weighted by Crippen LogP contribution is 2.34. The number of aryl methyl sites for hydroxylation is 1. The predicted molar refractivity (Wildman–Crippen MR) is 164 cm³/mol. The largest absolute Gasteiger partial charge is 0.388 e. The molecule has 0 spiro atoms. The van der Waals surface area contributed by atoms with Crippen molar-refractivity contribution in [3.05, 3.63) is 74.8 Å². The first kappa shape index (κ1) is 29.5. The van der Waals surface area contributed by atoms with Gasteiger partial charge in [0.25, 0.3) is 5.56 Å². The zero-order valence-electron chi connectivity index (χ0n) is 24.7. The molecule has 0 saturated heterocycles. The molecule has 1 aliphatic heterocycles. The summed E-state index contributed by atoms with van der Waals surface area (Å²) in [5, 5.41) is 31.2. The van der Waals surface area contributed by atoms with Crippen LogP contribution in [-0.4, -0.2) is 59.9 Å². The number of benzene rings is 1. The highest BCUT2D eigenvalue weighted by atomic mass is 32.1. The minimum atomic E-state index is -1.16. The van der Waals surface area contributed by atoms with Crippen molar-refractivity contribution < 1.29 is 19.8 Å². The standard InChI is InChI=1S/C31H38N6O5S/c1-4-7-25-24(16-21-14-15-26(43-21)22-8-5-6-9-23(22)27-34-30(39)42-35-27)28(38)36(29-32-18-33-37(25)29)19-10-12-20(13-11-19)41-17-31(2,3)40/h5-6,8-9,14-15,18-20,30,39-40H,4,7,10-13,16-17H2,1-3H3,(H,34,35)/t19-,20-,30?. The monoisotopic (exact) mass is 606 g/mol. The van der Waals surface area contributed by atoms with E-state index in [-0.39, 0.29) is 17.7 Å². The number of rotatable bonds is 10. The molecule has 228 valence electrons. The Labute approximate surface area is 253 Å². The number of aliphatic hydroxyl groups excluding tert-OH is 1. The third-order valence-electron chi connectivity index (χ3n) is 7.96. The fourth-order valence-corrected chi connectivity index (χ4v) is 7.02. The van der Waals surface area contributed by atoms with Crippen LogP contribution in [0.2, 0.25) is 0 Å². The van der Waals surface area contributed by atoms with E-state index in [1.165, 1.54) is 6.33 Å². The van der Waals surface area contributed by atoms with E-state index in [0.29, 0.717) is 24.6 Å². The average molecular weight is 607 g/mol. The van der Waals surface area contributed by atoms with Crippen LogP contribution in [0.25, 0.3) is 16.2 Å². The lowest BCUT2D eigenvalue weighted by atomic mass is 9.92. The lowest BCUT2D eigenvalue weighted by Crippen LogP contribution is -2.36. The molecule has 3 aromatic heterocycles. The number of aliphatic hydroxyl groups is 2. The van der Waals surface area contributed by atoms with Gasteiger partial charge in [0, 0.05) is 38.9 Å². The van der Waals surface area contributed by atoms with Gasteiger partial charge in [-0.25, -0.2) is 4.52 Å². The van der Waals surface area contributed by atoms with Crippen LogP contribution in [0.4, 0.5) is 0 Å². The second kappa shape index (κ2) is 12.2. The van der Waals surface area contributed by atoms with Crippen molar-refractivity contribution in [2.24, 2.45) is 5.16 Å². The molecule has 12 heteroatoms. The molecule has 11 nitrogen and oxygen atoms in total. The van der Waals surface area contributed by atoms with Gasteiger partial charge in [-0.15, -0.1) is 11.3 Å². The molecule has 1 aliphatic carbocycles. The summed E-state index contributed by atoms with van der Waals surface area (Å²) in [4.78, 5) is 25.9. The molecule has 3 N–H and O–H groups in total. The highest BCUT2D eigenvalue weighted by Gasteiger charge is 2.29. The Morgan fingerprint density at radius 1 is 1.14 bits per heavy atom. The quantitative estimate of drug-likeness (QED) is 0.247. The molecule has 1 aromatic carbocycles. The molecule has 1 fully saturated rings. The third-order valence-corrected chi connectivity index (χ3v) is 9.08. The van der Waals surface area contributed by atoms with Gasteiger partial charge in [0.2, 0.25) is 5.78 Å².